The number of hydrogen-bond donors (Lipinski definition) is 1. The molecule has 9 aromatic rings. The molecule has 0 spiro atoms. The first kappa shape index (κ1) is 26.7. The zero-order chi connectivity index (χ0) is 31.6. The Morgan fingerprint density at radius 2 is 1.25 bits per heavy atom. The molecule has 7 aromatic carbocycles. The quantitative estimate of drug-likeness (QED) is 0.214. The van der Waals surface area contributed by atoms with Gasteiger partial charge in [-0.05, 0) is 52.2 Å². The number of para-hydroxylation sites is 3. The predicted octanol–water partition coefficient (Wildman–Crippen LogP) is 10.8. The fourth-order valence-electron chi connectivity index (χ4n) is 7.09. The van der Waals surface area contributed by atoms with E-state index in [2.05, 4.69) is 115 Å². The van der Waals surface area contributed by atoms with Gasteiger partial charge in [0.1, 0.15) is 34.3 Å². The van der Waals surface area contributed by atoms with Crippen LogP contribution in [0.3, 0.4) is 0 Å². The van der Waals surface area contributed by atoms with Crippen LogP contribution >= 0.6 is 0 Å². The van der Waals surface area contributed by atoms with Gasteiger partial charge in [-0.3, -0.25) is 0 Å². The molecule has 0 radical (unpaired) electrons. The fraction of sp³-hybridized carbons (Fsp3) is 0.0233. The lowest BCUT2D eigenvalue weighted by molar-refractivity contribution is 0.667. The molecule has 1 unspecified atom stereocenters. The first-order valence-corrected chi connectivity index (χ1v) is 16.1. The van der Waals surface area contributed by atoms with Gasteiger partial charge in [-0.1, -0.05) is 121 Å². The van der Waals surface area contributed by atoms with E-state index < -0.39 is 0 Å². The topological polar surface area (TPSA) is 63.0 Å². The lowest BCUT2D eigenvalue weighted by Gasteiger charge is -2.25. The highest BCUT2D eigenvalue weighted by molar-refractivity contribution is 6.25. The number of amidine groups is 2. The number of nitrogens with zero attached hydrogens (tertiary/aromatic N) is 2. The summed E-state index contributed by atoms with van der Waals surface area (Å²) in [5, 5.41) is 10.3. The normalized spacial score (nSPS) is 14.9. The third-order valence-electron chi connectivity index (χ3n) is 9.34. The molecule has 226 valence electrons. The number of furan rings is 2. The Morgan fingerprint density at radius 3 is 2.12 bits per heavy atom. The van der Waals surface area contributed by atoms with Crippen molar-refractivity contribution in [3.05, 3.63) is 168 Å². The molecule has 1 aliphatic rings. The molecule has 1 aliphatic heterocycles. The molecule has 0 aliphatic carbocycles. The number of benzene rings is 7. The summed E-state index contributed by atoms with van der Waals surface area (Å²) >= 11 is 0. The van der Waals surface area contributed by atoms with E-state index >= 15 is 0 Å². The number of rotatable bonds is 4. The van der Waals surface area contributed by atoms with Crippen LogP contribution < -0.4 is 5.32 Å². The van der Waals surface area contributed by atoms with Gasteiger partial charge < -0.3 is 14.2 Å². The molecule has 0 fully saturated rings. The summed E-state index contributed by atoms with van der Waals surface area (Å²) in [6.07, 6.45) is -0.374. The minimum absolute atomic E-state index is 0.374. The van der Waals surface area contributed by atoms with E-state index in [9.17, 15) is 0 Å². The highest BCUT2D eigenvalue weighted by atomic mass is 16.3. The van der Waals surface area contributed by atoms with E-state index in [0.717, 1.165) is 82.9 Å². The van der Waals surface area contributed by atoms with Crippen molar-refractivity contribution in [3.8, 4) is 11.1 Å². The second-order valence-corrected chi connectivity index (χ2v) is 12.2. The second kappa shape index (κ2) is 10.5. The van der Waals surface area contributed by atoms with Crippen LogP contribution in [0.5, 0.6) is 0 Å². The zero-order valence-corrected chi connectivity index (χ0v) is 25.7. The van der Waals surface area contributed by atoms with Crippen molar-refractivity contribution >= 4 is 66.3 Å². The summed E-state index contributed by atoms with van der Waals surface area (Å²) in [4.78, 5) is 10.5. The summed E-state index contributed by atoms with van der Waals surface area (Å²) in [6.45, 7) is 0. The predicted molar refractivity (Wildman–Crippen MR) is 196 cm³/mol. The van der Waals surface area contributed by atoms with E-state index in [1.807, 2.05) is 42.5 Å². The van der Waals surface area contributed by atoms with E-state index in [1.165, 1.54) is 5.39 Å². The van der Waals surface area contributed by atoms with Crippen molar-refractivity contribution in [2.24, 2.45) is 9.98 Å². The van der Waals surface area contributed by atoms with Crippen molar-refractivity contribution in [1.82, 2.24) is 5.32 Å². The van der Waals surface area contributed by atoms with Crippen LogP contribution in [0.2, 0.25) is 0 Å². The summed E-state index contributed by atoms with van der Waals surface area (Å²) in [6, 6.07) is 52.1. The maximum atomic E-state index is 6.58. The van der Waals surface area contributed by atoms with Gasteiger partial charge in [0.05, 0.1) is 0 Å². The van der Waals surface area contributed by atoms with Crippen LogP contribution in [0.15, 0.2) is 170 Å². The Balaban J connectivity index is 1.26. The van der Waals surface area contributed by atoms with Gasteiger partial charge in [0.25, 0.3) is 0 Å². The molecule has 10 rings (SSSR count). The van der Waals surface area contributed by atoms with Crippen molar-refractivity contribution in [2.75, 3.05) is 0 Å². The van der Waals surface area contributed by atoms with Crippen LogP contribution in [0.1, 0.15) is 22.9 Å². The molecule has 5 nitrogen and oxygen atoms in total. The molecule has 3 heterocycles. The van der Waals surface area contributed by atoms with Gasteiger partial charge in [0.15, 0.2) is 5.84 Å². The van der Waals surface area contributed by atoms with Crippen LogP contribution in [0, 0.1) is 0 Å². The number of nitrogens with one attached hydrogen (secondary N) is 1. The summed E-state index contributed by atoms with van der Waals surface area (Å²) in [5.41, 5.74) is 8.25. The van der Waals surface area contributed by atoms with Gasteiger partial charge in [-0.2, -0.15) is 0 Å². The number of aliphatic imine (C=N–C) groups is 2. The first-order valence-electron chi connectivity index (χ1n) is 16.1. The Hall–Kier alpha value is -6.46. The first-order chi connectivity index (χ1) is 23.8. The average molecular weight is 618 g/mol. The molecule has 0 saturated carbocycles. The third-order valence-corrected chi connectivity index (χ3v) is 9.34. The van der Waals surface area contributed by atoms with Crippen molar-refractivity contribution in [1.29, 1.82) is 0 Å². The van der Waals surface area contributed by atoms with Crippen molar-refractivity contribution in [3.63, 3.8) is 0 Å². The van der Waals surface area contributed by atoms with Gasteiger partial charge in [0.2, 0.25) is 0 Å². The molecular formula is C43H27N3O2. The van der Waals surface area contributed by atoms with Crippen LogP contribution in [0.25, 0.3) is 65.8 Å². The molecule has 2 aromatic heterocycles. The number of hydrogen-bond acceptors (Lipinski definition) is 5. The van der Waals surface area contributed by atoms with Gasteiger partial charge >= 0.3 is 0 Å². The summed E-state index contributed by atoms with van der Waals surface area (Å²) in [7, 11) is 0. The summed E-state index contributed by atoms with van der Waals surface area (Å²) < 4.78 is 13.0. The van der Waals surface area contributed by atoms with Crippen molar-refractivity contribution in [2.45, 2.75) is 6.17 Å². The molecule has 48 heavy (non-hydrogen) atoms. The average Bonchev–Trinajstić information content (AvgIpc) is 3.73. The maximum absolute atomic E-state index is 6.58. The van der Waals surface area contributed by atoms with E-state index in [0.29, 0.717) is 5.84 Å². The summed E-state index contributed by atoms with van der Waals surface area (Å²) in [5.74, 6) is 1.39. The molecule has 0 amide bonds. The van der Waals surface area contributed by atoms with Crippen LogP contribution in [0.4, 0.5) is 0 Å². The van der Waals surface area contributed by atoms with Crippen LogP contribution in [-0.2, 0) is 0 Å². The Morgan fingerprint density at radius 1 is 0.521 bits per heavy atom. The zero-order valence-electron chi connectivity index (χ0n) is 25.7. The molecular weight excluding hydrogens is 590 g/mol. The second-order valence-electron chi connectivity index (χ2n) is 12.2. The van der Waals surface area contributed by atoms with Gasteiger partial charge in [0, 0.05) is 38.2 Å². The Kier molecular flexibility index (Phi) is 5.87. The van der Waals surface area contributed by atoms with Gasteiger partial charge in [-0.25, -0.2) is 9.98 Å². The molecule has 1 N–H and O–H groups in total. The largest absolute Gasteiger partial charge is 0.456 e. The third kappa shape index (κ3) is 4.18. The van der Waals surface area contributed by atoms with E-state index in [1.54, 1.807) is 0 Å². The van der Waals surface area contributed by atoms with E-state index in [-0.39, 0.29) is 6.17 Å². The monoisotopic (exact) mass is 617 g/mol. The molecule has 5 heteroatoms. The minimum Gasteiger partial charge on any atom is -0.456 e. The van der Waals surface area contributed by atoms with E-state index in [4.69, 9.17) is 18.8 Å². The highest BCUT2D eigenvalue weighted by Crippen LogP contribution is 2.42. The lowest BCUT2D eigenvalue weighted by Crippen LogP contribution is -2.34. The minimum atomic E-state index is -0.374. The highest BCUT2D eigenvalue weighted by Gasteiger charge is 2.27. The molecule has 0 saturated heterocycles. The molecule has 1 atom stereocenters. The Labute approximate surface area is 275 Å². The Bertz CT molecular complexity index is 2770. The SMILES string of the molecule is c1ccc(C2=NC(c3ccc4ccccc4c3)NC(c3c(-c4cccc5c4oc4ccccc45)ccc4oc5ccccc5c34)=N2)cc1. The fourth-order valence-corrected chi connectivity index (χ4v) is 7.09. The number of fused-ring (bicyclic) bond motifs is 7. The smallest absolute Gasteiger partial charge is 0.159 e. The van der Waals surface area contributed by atoms with Crippen molar-refractivity contribution < 1.29 is 8.83 Å². The lowest BCUT2D eigenvalue weighted by atomic mass is 9.92. The molecule has 0 bridgehead atoms. The van der Waals surface area contributed by atoms with Gasteiger partial charge in [-0.15, -0.1) is 0 Å². The standard InChI is InChI=1S/C43H27N3O2/c1-2-12-27(13-3-1)41-44-42(29-22-21-26-11-4-5-14-28(26)25-29)46-43(45-41)39-31(23-24-37-38(39)34-16-7-9-20-36(34)47-37)33-18-10-17-32-30-15-6-8-19-35(30)48-40(32)33/h1-25,42H,(H,44,45,46). The van der Waals surface area contributed by atoms with Crippen LogP contribution in [-0.4, -0.2) is 11.7 Å². The maximum Gasteiger partial charge on any atom is 0.159 e.